The molecule has 1 N–H and O–H groups in total. The molecule has 0 spiro atoms. The number of likely N-dealkylation sites (tertiary alicyclic amines) is 2. The summed E-state index contributed by atoms with van der Waals surface area (Å²) in [6.45, 7) is 10.5. The Bertz CT molecular complexity index is 1160. The van der Waals surface area contributed by atoms with E-state index in [1.54, 1.807) is 0 Å². The Morgan fingerprint density at radius 2 is 1.66 bits per heavy atom. The monoisotopic (exact) mass is 581 g/mol. The maximum atomic E-state index is 13.5. The smallest absolute Gasteiger partial charge is 0.272 e. The fraction of sp³-hybridized carbons (Fsp3) is 0.645. The van der Waals surface area contributed by atoms with Crippen molar-refractivity contribution in [3.8, 4) is 0 Å². The molecule has 0 aliphatic carbocycles. The number of carbonyl (C=O) groups excluding carboxylic acids is 1. The van der Waals surface area contributed by atoms with E-state index in [9.17, 15) is 9.00 Å². The molecule has 1 aromatic carbocycles. The maximum Gasteiger partial charge on any atom is 0.272 e. The molecule has 3 aliphatic heterocycles. The van der Waals surface area contributed by atoms with Crippen LogP contribution in [0.3, 0.4) is 0 Å². The Kier molecular flexibility index (Phi) is 10.3. The van der Waals surface area contributed by atoms with Gasteiger partial charge in [0.05, 0.1) is 11.0 Å². The van der Waals surface area contributed by atoms with Gasteiger partial charge in [0.25, 0.3) is 5.91 Å². The topological polar surface area (TPSA) is 84.9 Å². The Labute approximate surface area is 248 Å². The van der Waals surface area contributed by atoms with E-state index in [2.05, 4.69) is 59.7 Å². The molecule has 3 aliphatic rings. The van der Waals surface area contributed by atoms with Crippen LogP contribution in [0.15, 0.2) is 36.7 Å². The minimum Gasteiger partial charge on any atom is -0.372 e. The predicted molar refractivity (Wildman–Crippen MR) is 167 cm³/mol. The molecule has 0 bridgehead atoms. The van der Waals surface area contributed by atoms with Crippen molar-refractivity contribution in [2.45, 2.75) is 64.5 Å². The highest BCUT2D eigenvalue weighted by molar-refractivity contribution is 7.82. The molecule has 9 nitrogen and oxygen atoms in total. The van der Waals surface area contributed by atoms with Gasteiger partial charge in [0.2, 0.25) is 0 Å². The first kappa shape index (κ1) is 29.9. The molecule has 5 rings (SSSR count). The van der Waals surface area contributed by atoms with Crippen LogP contribution in [0.5, 0.6) is 0 Å². The molecule has 224 valence electrons. The lowest BCUT2D eigenvalue weighted by molar-refractivity contribution is 0.0544. The van der Waals surface area contributed by atoms with Gasteiger partial charge in [0.15, 0.2) is 0 Å². The van der Waals surface area contributed by atoms with Crippen LogP contribution < -0.4 is 10.2 Å². The van der Waals surface area contributed by atoms with Gasteiger partial charge in [0, 0.05) is 68.9 Å². The van der Waals surface area contributed by atoms with Crippen molar-refractivity contribution in [1.29, 1.82) is 0 Å². The molecule has 3 saturated heterocycles. The number of carbonyl (C=O) groups is 1. The summed E-state index contributed by atoms with van der Waals surface area (Å²) in [6.07, 6.45) is 7.90. The number of rotatable bonds is 9. The molecule has 4 heterocycles. The van der Waals surface area contributed by atoms with Gasteiger partial charge in [-0.2, -0.15) is 0 Å². The predicted octanol–water partition coefficient (Wildman–Crippen LogP) is 3.80. The van der Waals surface area contributed by atoms with E-state index in [4.69, 9.17) is 0 Å². The van der Waals surface area contributed by atoms with E-state index >= 15 is 0 Å². The molecule has 1 aromatic heterocycles. The largest absolute Gasteiger partial charge is 0.372 e. The number of hydrogen-bond donors (Lipinski definition) is 1. The zero-order valence-corrected chi connectivity index (χ0v) is 25.8. The SMILES string of the molecule is CCS(=O)N(C)C1CCN(C2CCN(C(=O)c3ncnc(NCC4CCN(c5ccccc5)CC4)c3C)CC2)CC1. The van der Waals surface area contributed by atoms with Crippen molar-refractivity contribution in [2.75, 3.05) is 68.8 Å². The van der Waals surface area contributed by atoms with E-state index in [-0.39, 0.29) is 5.91 Å². The van der Waals surface area contributed by atoms with Gasteiger partial charge in [-0.25, -0.2) is 18.5 Å². The van der Waals surface area contributed by atoms with Crippen LogP contribution in [0.4, 0.5) is 11.5 Å². The molecule has 2 aromatic rings. The lowest BCUT2D eigenvalue weighted by atomic mass is 9.96. The van der Waals surface area contributed by atoms with Crippen LogP contribution >= 0.6 is 0 Å². The van der Waals surface area contributed by atoms with Crippen LogP contribution in [-0.4, -0.2) is 105 Å². The third-order valence-corrected chi connectivity index (χ3v) is 10.9. The van der Waals surface area contributed by atoms with Gasteiger partial charge >= 0.3 is 0 Å². The summed E-state index contributed by atoms with van der Waals surface area (Å²) in [6, 6.07) is 11.6. The molecule has 0 saturated carbocycles. The van der Waals surface area contributed by atoms with Crippen molar-refractivity contribution in [3.63, 3.8) is 0 Å². The van der Waals surface area contributed by atoms with Crippen LogP contribution in [0, 0.1) is 12.8 Å². The summed E-state index contributed by atoms with van der Waals surface area (Å²) in [5.74, 6) is 2.06. The number of benzene rings is 1. The summed E-state index contributed by atoms with van der Waals surface area (Å²) >= 11 is 0. The highest BCUT2D eigenvalue weighted by Crippen LogP contribution is 2.26. The molecule has 0 radical (unpaired) electrons. The van der Waals surface area contributed by atoms with Crippen LogP contribution in [0.25, 0.3) is 0 Å². The average molecular weight is 582 g/mol. The number of amides is 1. The Hall–Kier alpha value is -2.56. The molecule has 1 atom stereocenters. The fourth-order valence-electron chi connectivity index (χ4n) is 6.69. The summed E-state index contributed by atoms with van der Waals surface area (Å²) in [5.41, 5.74) is 2.67. The lowest BCUT2D eigenvalue weighted by Gasteiger charge is -2.43. The standard InChI is InChI=1S/C31H47N7O2S/c1-4-41(40)35(3)26-12-18-37(19-13-26)28-14-20-38(21-15-28)31(39)29-24(2)30(34-23-33-29)32-22-25-10-16-36(17-11-25)27-8-6-5-7-9-27/h5-9,23,25-26,28H,4,10-22H2,1-3H3,(H,32,33,34). The van der Waals surface area contributed by atoms with E-state index in [0.717, 1.165) is 95.7 Å². The zero-order chi connectivity index (χ0) is 28.8. The first-order valence-electron chi connectivity index (χ1n) is 15.4. The molecule has 3 fully saturated rings. The maximum absolute atomic E-state index is 13.5. The van der Waals surface area contributed by atoms with Crippen molar-refractivity contribution in [3.05, 3.63) is 47.9 Å². The third-order valence-electron chi connectivity index (χ3n) is 9.43. The number of anilines is 2. The zero-order valence-electron chi connectivity index (χ0n) is 25.0. The number of para-hydroxylation sites is 1. The average Bonchev–Trinajstić information content (AvgIpc) is 3.04. The van der Waals surface area contributed by atoms with E-state index in [1.807, 2.05) is 25.8 Å². The summed E-state index contributed by atoms with van der Waals surface area (Å²) in [4.78, 5) is 29.4. The van der Waals surface area contributed by atoms with Gasteiger partial charge < -0.3 is 20.0 Å². The lowest BCUT2D eigenvalue weighted by Crippen LogP contribution is -2.51. The second kappa shape index (κ2) is 14.1. The van der Waals surface area contributed by atoms with Crippen LogP contribution in [-0.2, 0) is 11.0 Å². The highest BCUT2D eigenvalue weighted by atomic mass is 32.2. The Morgan fingerprint density at radius 1 is 0.976 bits per heavy atom. The van der Waals surface area contributed by atoms with Gasteiger partial charge in [-0.3, -0.25) is 4.79 Å². The first-order valence-corrected chi connectivity index (χ1v) is 16.7. The summed E-state index contributed by atoms with van der Waals surface area (Å²) < 4.78 is 14.2. The van der Waals surface area contributed by atoms with Gasteiger partial charge in [0.1, 0.15) is 17.8 Å². The number of hydrogen-bond acceptors (Lipinski definition) is 7. The second-order valence-electron chi connectivity index (χ2n) is 11.8. The fourth-order valence-corrected chi connectivity index (χ4v) is 7.64. The second-order valence-corrected chi connectivity index (χ2v) is 13.6. The summed E-state index contributed by atoms with van der Waals surface area (Å²) in [5, 5.41) is 3.54. The molecule has 1 amide bonds. The molecular weight excluding hydrogens is 534 g/mol. The first-order chi connectivity index (χ1) is 19.9. The van der Waals surface area contributed by atoms with E-state index in [0.29, 0.717) is 29.4 Å². The van der Waals surface area contributed by atoms with Gasteiger partial charge in [-0.15, -0.1) is 0 Å². The molecule has 41 heavy (non-hydrogen) atoms. The number of nitrogens with one attached hydrogen (secondary N) is 1. The van der Waals surface area contributed by atoms with E-state index < -0.39 is 11.0 Å². The van der Waals surface area contributed by atoms with Crippen LogP contribution in [0.1, 0.15) is 61.5 Å². The minimum atomic E-state index is -0.874. The van der Waals surface area contributed by atoms with Crippen molar-refractivity contribution in [1.82, 2.24) is 24.1 Å². The van der Waals surface area contributed by atoms with Crippen molar-refractivity contribution >= 4 is 28.4 Å². The van der Waals surface area contributed by atoms with Crippen molar-refractivity contribution in [2.24, 2.45) is 5.92 Å². The van der Waals surface area contributed by atoms with Crippen molar-refractivity contribution < 1.29 is 9.00 Å². The van der Waals surface area contributed by atoms with E-state index in [1.165, 1.54) is 12.0 Å². The number of piperidine rings is 3. The number of aromatic nitrogens is 2. The highest BCUT2D eigenvalue weighted by Gasteiger charge is 2.32. The number of nitrogens with zero attached hydrogens (tertiary/aromatic N) is 6. The quantitative estimate of drug-likeness (QED) is 0.482. The van der Waals surface area contributed by atoms with Crippen LogP contribution in [0.2, 0.25) is 0 Å². The molecule has 1 unspecified atom stereocenters. The minimum absolute atomic E-state index is 0.0185. The van der Waals surface area contributed by atoms with Gasteiger partial charge in [-0.05, 0) is 76.6 Å². The van der Waals surface area contributed by atoms with Gasteiger partial charge in [-0.1, -0.05) is 25.1 Å². The summed E-state index contributed by atoms with van der Waals surface area (Å²) in [7, 11) is 1.12. The molecular formula is C31H47N7O2S. The Morgan fingerprint density at radius 3 is 2.32 bits per heavy atom. The third kappa shape index (κ3) is 7.27. The Balaban J connectivity index is 1.08. The normalized spacial score (nSPS) is 20.9. The molecule has 10 heteroatoms.